The minimum absolute atomic E-state index is 0.0838. The average molecular weight is 482 g/mol. The Morgan fingerprint density at radius 1 is 0.944 bits per heavy atom. The minimum atomic E-state index is -1.05. The Balaban J connectivity index is 1.68. The van der Waals surface area contributed by atoms with Gasteiger partial charge >= 0.3 is 5.97 Å². The lowest BCUT2D eigenvalue weighted by Crippen LogP contribution is -2.10. The number of carboxylic acids is 1. The van der Waals surface area contributed by atoms with Crippen molar-refractivity contribution in [2.45, 2.75) is 19.9 Å². The van der Waals surface area contributed by atoms with Crippen LogP contribution in [-0.2, 0) is 17.8 Å². The number of carboxylic acid groups (broad SMARTS) is 1. The molecule has 0 bridgehead atoms. The number of rotatable bonds is 8. The van der Waals surface area contributed by atoms with Crippen molar-refractivity contribution in [3.8, 4) is 11.5 Å². The highest BCUT2D eigenvalue weighted by Gasteiger charge is 2.25. The van der Waals surface area contributed by atoms with E-state index in [1.165, 1.54) is 12.1 Å². The largest absolute Gasteiger partial charge is 0.508 e. The van der Waals surface area contributed by atoms with Crippen LogP contribution in [0.4, 0.5) is 0 Å². The number of carbonyl (C=O) groups is 2. The highest BCUT2D eigenvalue weighted by atomic mass is 16.5. The van der Waals surface area contributed by atoms with Crippen molar-refractivity contribution in [1.29, 1.82) is 0 Å². The fourth-order valence-corrected chi connectivity index (χ4v) is 4.34. The zero-order valence-electron chi connectivity index (χ0n) is 19.5. The first-order valence-corrected chi connectivity index (χ1v) is 11.5. The standard InChI is InChI=1S/C28H23N3O5/c1-2-23-25(27(35)18-10-12-19(32)13-11-18)26-28(30-22-9-4-3-8-21(22)29-26)31(23)15-17-6-5-7-20(14-17)36-16-24(33)34/h3-14,32H,2,15-16H2,1H3,(H,33,34). The molecule has 0 unspecified atom stereocenters. The molecule has 0 aliphatic rings. The molecule has 5 rings (SSSR count). The van der Waals surface area contributed by atoms with Crippen LogP contribution in [0.5, 0.6) is 11.5 Å². The molecule has 3 aromatic carbocycles. The van der Waals surface area contributed by atoms with E-state index in [9.17, 15) is 14.7 Å². The molecule has 8 heteroatoms. The first-order chi connectivity index (χ1) is 17.4. The lowest BCUT2D eigenvalue weighted by atomic mass is 10.0. The minimum Gasteiger partial charge on any atom is -0.508 e. The van der Waals surface area contributed by atoms with Crippen molar-refractivity contribution in [3.63, 3.8) is 0 Å². The first kappa shape index (κ1) is 23.0. The summed E-state index contributed by atoms with van der Waals surface area (Å²) in [5.74, 6) is -0.717. The van der Waals surface area contributed by atoms with Crippen LogP contribution in [0, 0.1) is 0 Å². The third kappa shape index (κ3) is 4.36. The molecule has 36 heavy (non-hydrogen) atoms. The van der Waals surface area contributed by atoms with E-state index in [2.05, 4.69) is 0 Å². The Bertz CT molecular complexity index is 1610. The van der Waals surface area contributed by atoms with Gasteiger partial charge < -0.3 is 19.5 Å². The topological polar surface area (TPSA) is 115 Å². The maximum atomic E-state index is 13.7. The van der Waals surface area contributed by atoms with Crippen LogP contribution in [0.3, 0.4) is 0 Å². The molecule has 0 fully saturated rings. The van der Waals surface area contributed by atoms with Gasteiger partial charge in [-0.15, -0.1) is 0 Å². The number of aromatic nitrogens is 3. The van der Waals surface area contributed by atoms with Gasteiger partial charge in [0.2, 0.25) is 0 Å². The molecule has 180 valence electrons. The third-order valence-corrected chi connectivity index (χ3v) is 5.95. The molecular formula is C28H23N3O5. The summed E-state index contributed by atoms with van der Waals surface area (Å²) in [4.78, 5) is 34.3. The Morgan fingerprint density at radius 3 is 2.36 bits per heavy atom. The molecule has 2 N–H and O–H groups in total. The lowest BCUT2D eigenvalue weighted by Gasteiger charge is -2.12. The van der Waals surface area contributed by atoms with Crippen LogP contribution < -0.4 is 4.74 Å². The Morgan fingerprint density at radius 2 is 1.67 bits per heavy atom. The molecule has 0 aliphatic carbocycles. The molecule has 0 amide bonds. The molecule has 0 radical (unpaired) electrons. The van der Waals surface area contributed by atoms with E-state index in [1.807, 2.05) is 41.8 Å². The van der Waals surface area contributed by atoms with E-state index in [0.717, 1.165) is 11.3 Å². The van der Waals surface area contributed by atoms with Gasteiger partial charge in [-0.1, -0.05) is 31.2 Å². The maximum absolute atomic E-state index is 13.7. The van der Waals surface area contributed by atoms with Gasteiger partial charge in [-0.2, -0.15) is 0 Å². The molecular weight excluding hydrogens is 458 g/mol. The number of phenols is 1. The van der Waals surface area contributed by atoms with Crippen LogP contribution >= 0.6 is 0 Å². The number of nitrogens with zero attached hydrogens (tertiary/aromatic N) is 3. The van der Waals surface area contributed by atoms with Crippen molar-refractivity contribution in [1.82, 2.24) is 14.5 Å². The van der Waals surface area contributed by atoms with Crippen molar-refractivity contribution >= 4 is 33.9 Å². The molecule has 0 saturated heterocycles. The van der Waals surface area contributed by atoms with Crippen LogP contribution in [0.2, 0.25) is 0 Å². The quantitative estimate of drug-likeness (QED) is 0.311. The van der Waals surface area contributed by atoms with Crippen molar-refractivity contribution < 1.29 is 24.5 Å². The maximum Gasteiger partial charge on any atom is 0.341 e. The molecule has 2 aromatic heterocycles. The Hall–Kier alpha value is -4.72. The molecule has 0 atom stereocenters. The van der Waals surface area contributed by atoms with Crippen molar-refractivity contribution in [3.05, 3.63) is 95.2 Å². The predicted molar refractivity (Wildman–Crippen MR) is 135 cm³/mol. The molecule has 2 heterocycles. The number of ketones is 1. The number of para-hydroxylation sites is 2. The second-order valence-corrected chi connectivity index (χ2v) is 8.35. The second kappa shape index (κ2) is 9.50. The number of ether oxygens (including phenoxy) is 1. The molecule has 0 aliphatic heterocycles. The summed E-state index contributed by atoms with van der Waals surface area (Å²) < 4.78 is 7.33. The van der Waals surface area contributed by atoms with Gasteiger partial charge in [0.25, 0.3) is 0 Å². The number of hydrogen-bond acceptors (Lipinski definition) is 6. The predicted octanol–water partition coefficient (Wildman–Crippen LogP) is 4.60. The number of aliphatic carboxylic acids is 1. The highest BCUT2D eigenvalue weighted by molar-refractivity contribution is 6.17. The fourth-order valence-electron chi connectivity index (χ4n) is 4.34. The number of fused-ring (bicyclic) bond motifs is 2. The molecule has 0 saturated carbocycles. The SMILES string of the molecule is CCc1c(C(=O)c2ccc(O)cc2)c2nc3ccccc3nc2n1Cc1cccc(OCC(=O)O)c1. The second-order valence-electron chi connectivity index (χ2n) is 8.35. The van der Waals surface area contributed by atoms with Crippen LogP contribution in [0.25, 0.3) is 22.2 Å². The Labute approximate surface area is 206 Å². The van der Waals surface area contributed by atoms with Crippen LogP contribution in [-0.4, -0.2) is 43.1 Å². The molecule has 5 aromatic rings. The van der Waals surface area contributed by atoms with E-state index >= 15 is 0 Å². The van der Waals surface area contributed by atoms with E-state index in [-0.39, 0.29) is 11.5 Å². The highest BCUT2D eigenvalue weighted by Crippen LogP contribution is 2.30. The van der Waals surface area contributed by atoms with E-state index in [1.54, 1.807) is 30.3 Å². The summed E-state index contributed by atoms with van der Waals surface area (Å²) in [6.07, 6.45) is 0.558. The van der Waals surface area contributed by atoms with Crippen molar-refractivity contribution in [2.75, 3.05) is 6.61 Å². The van der Waals surface area contributed by atoms with Gasteiger partial charge in [0.05, 0.1) is 16.6 Å². The number of benzene rings is 3. The monoisotopic (exact) mass is 481 g/mol. The van der Waals surface area contributed by atoms with Gasteiger partial charge in [0.15, 0.2) is 18.0 Å². The van der Waals surface area contributed by atoms with Gasteiger partial charge in [0.1, 0.15) is 17.0 Å². The van der Waals surface area contributed by atoms with Crippen LogP contribution in [0.15, 0.2) is 72.8 Å². The van der Waals surface area contributed by atoms with Crippen molar-refractivity contribution in [2.24, 2.45) is 0 Å². The van der Waals surface area contributed by atoms with Gasteiger partial charge in [-0.25, -0.2) is 14.8 Å². The smallest absolute Gasteiger partial charge is 0.341 e. The zero-order chi connectivity index (χ0) is 25.2. The fraction of sp³-hybridized carbons (Fsp3) is 0.143. The lowest BCUT2D eigenvalue weighted by molar-refractivity contribution is -0.139. The summed E-state index contributed by atoms with van der Waals surface area (Å²) in [6.45, 7) is 1.93. The summed E-state index contributed by atoms with van der Waals surface area (Å²) >= 11 is 0. The van der Waals surface area contributed by atoms with Crippen LogP contribution in [0.1, 0.15) is 34.1 Å². The normalized spacial score (nSPS) is 11.1. The summed E-state index contributed by atoms with van der Waals surface area (Å²) in [7, 11) is 0. The third-order valence-electron chi connectivity index (χ3n) is 5.95. The summed E-state index contributed by atoms with van der Waals surface area (Å²) in [5, 5.41) is 18.6. The number of hydrogen-bond donors (Lipinski definition) is 2. The van der Waals surface area contributed by atoms with E-state index in [4.69, 9.17) is 19.8 Å². The molecule has 0 spiro atoms. The van der Waals surface area contributed by atoms with E-state index in [0.29, 0.717) is 52.0 Å². The van der Waals surface area contributed by atoms with E-state index < -0.39 is 12.6 Å². The number of aromatic hydroxyl groups is 1. The summed E-state index contributed by atoms with van der Waals surface area (Å²) in [5.41, 5.74) is 5.09. The summed E-state index contributed by atoms with van der Waals surface area (Å²) in [6, 6.07) is 20.9. The Kier molecular flexibility index (Phi) is 6.08. The zero-order valence-corrected chi connectivity index (χ0v) is 19.5. The average Bonchev–Trinajstić information content (AvgIpc) is 3.18. The first-order valence-electron chi connectivity index (χ1n) is 11.5. The number of phenolic OH excluding ortho intramolecular Hbond substituents is 1. The van der Waals surface area contributed by atoms with Gasteiger partial charge in [-0.3, -0.25) is 4.79 Å². The van der Waals surface area contributed by atoms with Gasteiger partial charge in [-0.05, 0) is 60.5 Å². The number of carbonyl (C=O) groups excluding carboxylic acids is 1. The van der Waals surface area contributed by atoms with Gasteiger partial charge in [0, 0.05) is 17.8 Å². The molecule has 8 nitrogen and oxygen atoms in total.